The summed E-state index contributed by atoms with van der Waals surface area (Å²) in [4.78, 5) is 39.7. The molecule has 1 aromatic heterocycles. The lowest BCUT2D eigenvalue weighted by molar-refractivity contribution is -0.137. The third-order valence-corrected chi connectivity index (χ3v) is 7.09. The molecule has 4 rings (SSSR count). The van der Waals surface area contributed by atoms with Crippen LogP contribution in [-0.2, 0) is 22.7 Å². The van der Waals surface area contributed by atoms with Gasteiger partial charge in [-0.3, -0.25) is 19.2 Å². The highest BCUT2D eigenvalue weighted by molar-refractivity contribution is 6.09. The number of hydrogen-bond acceptors (Lipinski definition) is 4. The number of amides is 4. The van der Waals surface area contributed by atoms with Crippen molar-refractivity contribution in [1.29, 1.82) is 0 Å². The zero-order valence-corrected chi connectivity index (χ0v) is 20.8. The van der Waals surface area contributed by atoms with Crippen LogP contribution in [0.2, 0.25) is 0 Å². The Morgan fingerprint density at radius 1 is 1.18 bits per heavy atom. The van der Waals surface area contributed by atoms with Crippen molar-refractivity contribution in [3.8, 4) is 0 Å². The molecule has 2 aliphatic rings. The summed E-state index contributed by atoms with van der Waals surface area (Å²) < 4.78 is 1.93. The van der Waals surface area contributed by atoms with Crippen molar-refractivity contribution < 1.29 is 14.4 Å². The van der Waals surface area contributed by atoms with Gasteiger partial charge in [0.05, 0.1) is 12.2 Å². The summed E-state index contributed by atoms with van der Waals surface area (Å²) in [6, 6.07) is 9.60. The molecule has 0 unspecified atom stereocenters. The summed E-state index contributed by atoms with van der Waals surface area (Å²) in [6.45, 7) is 10.9. The third kappa shape index (κ3) is 4.72. The molecule has 2 N–H and O–H groups in total. The number of carbonyl (C=O) groups excluding carboxylic acids is 3. The molecule has 1 spiro atoms. The zero-order valence-electron chi connectivity index (χ0n) is 20.8. The van der Waals surface area contributed by atoms with Crippen molar-refractivity contribution in [2.75, 3.05) is 6.54 Å². The van der Waals surface area contributed by atoms with Crippen LogP contribution in [0.4, 0.5) is 4.79 Å². The number of rotatable bonds is 6. The number of nitrogens with one attached hydrogen (secondary N) is 2. The van der Waals surface area contributed by atoms with Crippen molar-refractivity contribution in [2.45, 2.75) is 72.5 Å². The van der Waals surface area contributed by atoms with Crippen LogP contribution in [0.5, 0.6) is 0 Å². The summed E-state index contributed by atoms with van der Waals surface area (Å²) in [7, 11) is 0. The second kappa shape index (κ2) is 8.89. The zero-order chi connectivity index (χ0) is 24.7. The van der Waals surface area contributed by atoms with E-state index in [0.29, 0.717) is 31.8 Å². The molecule has 4 amide bonds. The maximum absolute atomic E-state index is 13.3. The maximum Gasteiger partial charge on any atom is 0.325 e. The highest BCUT2D eigenvalue weighted by Gasteiger charge is 2.56. The Morgan fingerprint density at radius 3 is 2.56 bits per heavy atom. The maximum atomic E-state index is 13.3. The van der Waals surface area contributed by atoms with Gasteiger partial charge in [-0.15, -0.1) is 0 Å². The lowest BCUT2D eigenvalue weighted by atomic mass is 9.64. The average molecular weight is 466 g/mol. The Bertz CT molecular complexity index is 1110. The van der Waals surface area contributed by atoms with Gasteiger partial charge in [0.1, 0.15) is 12.1 Å². The fourth-order valence-corrected chi connectivity index (χ4v) is 5.94. The lowest BCUT2D eigenvalue weighted by Gasteiger charge is -2.43. The average Bonchev–Trinajstić information content (AvgIpc) is 3.12. The molecule has 34 heavy (non-hydrogen) atoms. The monoisotopic (exact) mass is 465 g/mol. The second-order valence-corrected chi connectivity index (χ2v) is 10.8. The smallest absolute Gasteiger partial charge is 0.325 e. The van der Waals surface area contributed by atoms with E-state index >= 15 is 0 Å². The van der Waals surface area contributed by atoms with E-state index in [-0.39, 0.29) is 23.8 Å². The van der Waals surface area contributed by atoms with Crippen molar-refractivity contribution in [1.82, 2.24) is 25.3 Å². The molecular formula is C26H35N5O3. The molecule has 1 aliphatic heterocycles. The predicted molar refractivity (Wildman–Crippen MR) is 129 cm³/mol. The van der Waals surface area contributed by atoms with E-state index < -0.39 is 11.6 Å². The summed E-state index contributed by atoms with van der Waals surface area (Å²) in [5, 5.41) is 10.4. The van der Waals surface area contributed by atoms with Crippen LogP contribution < -0.4 is 10.6 Å². The number of imide groups is 1. The van der Waals surface area contributed by atoms with Gasteiger partial charge in [-0.05, 0) is 50.0 Å². The van der Waals surface area contributed by atoms with Crippen molar-refractivity contribution in [3.63, 3.8) is 0 Å². The molecule has 2 heterocycles. The molecule has 2 fully saturated rings. The van der Waals surface area contributed by atoms with E-state index in [1.54, 1.807) is 0 Å². The first kappa shape index (κ1) is 24.0. The Labute approximate surface area is 201 Å². The molecule has 1 aliphatic carbocycles. The van der Waals surface area contributed by atoms with Crippen molar-refractivity contribution in [3.05, 3.63) is 52.8 Å². The van der Waals surface area contributed by atoms with Gasteiger partial charge < -0.3 is 10.6 Å². The summed E-state index contributed by atoms with van der Waals surface area (Å²) >= 11 is 0. The van der Waals surface area contributed by atoms with Crippen molar-refractivity contribution in [2.24, 2.45) is 11.3 Å². The normalized spacial score (nSPS) is 23.9. The van der Waals surface area contributed by atoms with Crippen LogP contribution in [0, 0.1) is 25.2 Å². The van der Waals surface area contributed by atoms with Gasteiger partial charge in [0.2, 0.25) is 5.91 Å². The van der Waals surface area contributed by atoms with E-state index in [1.807, 2.05) is 36.7 Å². The molecule has 0 bridgehead atoms. The van der Waals surface area contributed by atoms with Crippen LogP contribution >= 0.6 is 0 Å². The number of benzene rings is 1. The van der Waals surface area contributed by atoms with Gasteiger partial charge in [0.15, 0.2) is 0 Å². The minimum Gasteiger partial charge on any atom is -0.350 e. The highest BCUT2D eigenvalue weighted by atomic mass is 16.2. The molecule has 1 aromatic carbocycles. The number of aryl methyl sites for hydroxylation is 1. The van der Waals surface area contributed by atoms with Gasteiger partial charge >= 0.3 is 6.03 Å². The molecule has 2 atom stereocenters. The highest BCUT2D eigenvalue weighted by Crippen LogP contribution is 2.46. The summed E-state index contributed by atoms with van der Waals surface area (Å²) in [5.74, 6) is -0.325. The largest absolute Gasteiger partial charge is 0.350 e. The molecule has 182 valence electrons. The summed E-state index contributed by atoms with van der Waals surface area (Å²) in [6.07, 6.45) is 2.21. The van der Waals surface area contributed by atoms with Gasteiger partial charge in [0.25, 0.3) is 5.91 Å². The third-order valence-electron chi connectivity index (χ3n) is 7.09. The van der Waals surface area contributed by atoms with E-state index in [4.69, 9.17) is 0 Å². The Balaban J connectivity index is 1.39. The second-order valence-electron chi connectivity index (χ2n) is 10.8. The first-order valence-corrected chi connectivity index (χ1v) is 12.0. The number of aromatic nitrogens is 2. The lowest BCUT2D eigenvalue weighted by Crippen LogP contribution is -2.54. The molecule has 1 saturated carbocycles. The van der Waals surface area contributed by atoms with Gasteiger partial charge in [-0.2, -0.15) is 5.10 Å². The van der Waals surface area contributed by atoms with Crippen LogP contribution in [0.1, 0.15) is 62.5 Å². The fraction of sp³-hybridized carbons (Fsp3) is 0.538. The summed E-state index contributed by atoms with van der Waals surface area (Å²) in [5.41, 5.74) is 2.98. The predicted octanol–water partition coefficient (Wildman–Crippen LogP) is 3.30. The number of hydrogen-bond donors (Lipinski definition) is 2. The standard InChI is InChI=1S/C26H35N5O3/c1-17-11-25(4,5)16-26(12-17)23(33)30(24(34)28-26)15-22(32)27-13-21-18(2)29-31(19(21)3)14-20-9-7-6-8-10-20/h6-10,17H,11-16H2,1-5H3,(H,27,32)(H,28,34)/t17-,26-/m1/s1. The minimum atomic E-state index is -0.899. The molecule has 8 heteroatoms. The Hall–Kier alpha value is -3.16. The molecule has 8 nitrogen and oxygen atoms in total. The molecule has 0 radical (unpaired) electrons. The van der Waals surface area contributed by atoms with Crippen LogP contribution in [-0.4, -0.2) is 44.6 Å². The van der Waals surface area contributed by atoms with Gasteiger partial charge in [0, 0.05) is 17.8 Å². The minimum absolute atomic E-state index is 0.0478. The first-order chi connectivity index (χ1) is 16.0. The van der Waals surface area contributed by atoms with Gasteiger partial charge in [-0.1, -0.05) is 51.1 Å². The van der Waals surface area contributed by atoms with Crippen LogP contribution in [0.3, 0.4) is 0 Å². The number of nitrogens with zero attached hydrogens (tertiary/aromatic N) is 3. The SMILES string of the molecule is Cc1nn(Cc2ccccc2)c(C)c1CNC(=O)CN1C(=O)N[C@@]2(C[C@H](C)CC(C)(C)C2)C1=O. The number of carbonyl (C=O) groups is 3. The van der Waals surface area contributed by atoms with Crippen LogP contribution in [0.15, 0.2) is 30.3 Å². The molecule has 1 saturated heterocycles. The van der Waals surface area contributed by atoms with E-state index in [9.17, 15) is 14.4 Å². The fourth-order valence-electron chi connectivity index (χ4n) is 5.94. The van der Waals surface area contributed by atoms with Gasteiger partial charge in [-0.25, -0.2) is 4.79 Å². The topological polar surface area (TPSA) is 96.3 Å². The number of urea groups is 1. The molecule has 2 aromatic rings. The quantitative estimate of drug-likeness (QED) is 0.640. The van der Waals surface area contributed by atoms with E-state index in [1.165, 1.54) is 0 Å². The Kier molecular flexibility index (Phi) is 6.27. The van der Waals surface area contributed by atoms with E-state index in [0.717, 1.165) is 33.8 Å². The van der Waals surface area contributed by atoms with E-state index in [2.05, 4.69) is 48.6 Å². The first-order valence-electron chi connectivity index (χ1n) is 12.0. The molecular weight excluding hydrogens is 430 g/mol. The van der Waals surface area contributed by atoms with Crippen molar-refractivity contribution >= 4 is 17.8 Å². The van der Waals surface area contributed by atoms with Crippen LogP contribution in [0.25, 0.3) is 0 Å². The Morgan fingerprint density at radius 2 is 1.88 bits per heavy atom.